The van der Waals surface area contributed by atoms with Crippen molar-refractivity contribution < 1.29 is 9.31 Å². The van der Waals surface area contributed by atoms with Gasteiger partial charge in [-0.15, -0.1) is 0 Å². The van der Waals surface area contributed by atoms with E-state index in [9.17, 15) is 0 Å². The smallest absolute Gasteiger partial charge is 0.400 e. The van der Waals surface area contributed by atoms with Crippen LogP contribution in [0.1, 0.15) is 34.1 Å². The standard InChI is InChI=1S/C18H29BN2O2/c1-17(2)18(3,4)23-19(22-17)15-7-6-8-16(10-9-15)21-13-11-20(5)12-14-21/h6,8-10H,7,11-14H2,1-5H3. The fourth-order valence-corrected chi connectivity index (χ4v) is 3.08. The summed E-state index contributed by atoms with van der Waals surface area (Å²) < 4.78 is 12.4. The van der Waals surface area contributed by atoms with Crippen molar-refractivity contribution in [3.05, 3.63) is 35.5 Å². The number of allylic oxidation sites excluding steroid dienone is 5. The van der Waals surface area contributed by atoms with Gasteiger partial charge in [0.2, 0.25) is 0 Å². The van der Waals surface area contributed by atoms with Crippen LogP contribution in [0.2, 0.25) is 0 Å². The molecule has 0 aromatic carbocycles. The molecule has 0 spiro atoms. The Hall–Kier alpha value is -1.04. The van der Waals surface area contributed by atoms with E-state index in [1.807, 2.05) is 0 Å². The van der Waals surface area contributed by atoms with Gasteiger partial charge in [-0.05, 0) is 58.8 Å². The van der Waals surface area contributed by atoms with Gasteiger partial charge in [0, 0.05) is 31.9 Å². The molecule has 126 valence electrons. The van der Waals surface area contributed by atoms with E-state index in [4.69, 9.17) is 9.31 Å². The Morgan fingerprint density at radius 2 is 1.57 bits per heavy atom. The van der Waals surface area contributed by atoms with Gasteiger partial charge in [0.1, 0.15) is 0 Å². The van der Waals surface area contributed by atoms with Crippen molar-refractivity contribution in [2.75, 3.05) is 33.2 Å². The lowest BCUT2D eigenvalue weighted by atomic mass is 9.76. The molecule has 0 N–H and O–H groups in total. The van der Waals surface area contributed by atoms with Gasteiger partial charge in [-0.2, -0.15) is 0 Å². The average molecular weight is 316 g/mol. The first kappa shape index (κ1) is 16.8. The molecule has 0 aromatic heterocycles. The monoisotopic (exact) mass is 316 g/mol. The molecule has 0 unspecified atom stereocenters. The first-order valence-corrected chi connectivity index (χ1v) is 8.65. The summed E-state index contributed by atoms with van der Waals surface area (Å²) in [4.78, 5) is 4.84. The van der Waals surface area contributed by atoms with Crippen LogP contribution in [0.15, 0.2) is 35.5 Å². The van der Waals surface area contributed by atoms with Crippen LogP contribution in [-0.2, 0) is 9.31 Å². The molecule has 0 amide bonds. The maximum atomic E-state index is 6.18. The molecule has 2 fully saturated rings. The van der Waals surface area contributed by atoms with E-state index >= 15 is 0 Å². The summed E-state index contributed by atoms with van der Waals surface area (Å²) in [5.41, 5.74) is 1.94. The molecule has 0 aromatic rings. The lowest BCUT2D eigenvalue weighted by Crippen LogP contribution is -2.43. The van der Waals surface area contributed by atoms with E-state index in [2.05, 4.69) is 68.8 Å². The van der Waals surface area contributed by atoms with Crippen molar-refractivity contribution in [2.45, 2.75) is 45.3 Å². The van der Waals surface area contributed by atoms with Crippen molar-refractivity contribution in [1.82, 2.24) is 9.80 Å². The third-order valence-electron chi connectivity index (χ3n) is 5.53. The molecule has 0 saturated carbocycles. The molecule has 2 aliphatic heterocycles. The number of piperazine rings is 1. The second-order valence-electron chi connectivity index (χ2n) is 7.82. The van der Waals surface area contributed by atoms with Crippen LogP contribution in [0.4, 0.5) is 0 Å². The van der Waals surface area contributed by atoms with Crippen LogP contribution in [0, 0.1) is 0 Å². The summed E-state index contributed by atoms with van der Waals surface area (Å²) in [5.74, 6) is 0. The minimum absolute atomic E-state index is 0.243. The molecular weight excluding hydrogens is 287 g/mol. The van der Waals surface area contributed by atoms with E-state index in [0.717, 1.165) is 32.6 Å². The zero-order valence-corrected chi connectivity index (χ0v) is 15.1. The fourth-order valence-electron chi connectivity index (χ4n) is 3.08. The lowest BCUT2D eigenvalue weighted by Gasteiger charge is -2.34. The van der Waals surface area contributed by atoms with Gasteiger partial charge in [0.05, 0.1) is 11.2 Å². The normalized spacial score (nSPS) is 27.7. The molecule has 3 aliphatic rings. The maximum Gasteiger partial charge on any atom is 0.490 e. The molecule has 2 heterocycles. The highest BCUT2D eigenvalue weighted by Crippen LogP contribution is 2.39. The minimum Gasteiger partial charge on any atom is -0.400 e. The highest BCUT2D eigenvalue weighted by Gasteiger charge is 2.52. The molecule has 3 rings (SSSR count). The Labute approximate surface area is 140 Å². The van der Waals surface area contributed by atoms with Crippen LogP contribution >= 0.6 is 0 Å². The second kappa shape index (κ2) is 6.12. The van der Waals surface area contributed by atoms with E-state index in [1.165, 1.54) is 11.2 Å². The zero-order chi connectivity index (χ0) is 16.7. The van der Waals surface area contributed by atoms with Gasteiger partial charge in [0.25, 0.3) is 0 Å². The van der Waals surface area contributed by atoms with Crippen LogP contribution in [0.5, 0.6) is 0 Å². The quantitative estimate of drug-likeness (QED) is 0.731. The summed E-state index contributed by atoms with van der Waals surface area (Å²) in [6.07, 6.45) is 9.75. The fraction of sp³-hybridized carbons (Fsp3) is 0.667. The van der Waals surface area contributed by atoms with Gasteiger partial charge >= 0.3 is 7.12 Å². The number of rotatable bonds is 2. The van der Waals surface area contributed by atoms with Crippen molar-refractivity contribution in [3.63, 3.8) is 0 Å². The van der Waals surface area contributed by atoms with Crippen LogP contribution in [0.25, 0.3) is 0 Å². The van der Waals surface area contributed by atoms with Gasteiger partial charge < -0.3 is 19.1 Å². The highest BCUT2D eigenvalue weighted by molar-refractivity contribution is 6.54. The molecule has 2 saturated heterocycles. The lowest BCUT2D eigenvalue weighted by molar-refractivity contribution is 0.00578. The maximum absolute atomic E-state index is 6.18. The average Bonchev–Trinajstić information content (AvgIpc) is 2.66. The van der Waals surface area contributed by atoms with Crippen LogP contribution < -0.4 is 0 Å². The molecule has 5 heteroatoms. The second-order valence-corrected chi connectivity index (χ2v) is 7.82. The first-order chi connectivity index (χ1) is 10.8. The Morgan fingerprint density at radius 3 is 2.17 bits per heavy atom. The number of nitrogens with zero attached hydrogens (tertiary/aromatic N) is 2. The summed E-state index contributed by atoms with van der Waals surface area (Å²) >= 11 is 0. The van der Waals surface area contributed by atoms with Crippen molar-refractivity contribution in [2.24, 2.45) is 0 Å². The number of hydrogen-bond donors (Lipinski definition) is 0. The van der Waals surface area contributed by atoms with Crippen LogP contribution in [-0.4, -0.2) is 61.3 Å². The topological polar surface area (TPSA) is 24.9 Å². The third kappa shape index (κ3) is 3.42. The van der Waals surface area contributed by atoms with Gasteiger partial charge in [0.15, 0.2) is 0 Å². The third-order valence-corrected chi connectivity index (χ3v) is 5.53. The van der Waals surface area contributed by atoms with Crippen LogP contribution in [0.3, 0.4) is 0 Å². The molecule has 4 nitrogen and oxygen atoms in total. The van der Waals surface area contributed by atoms with Crippen molar-refractivity contribution in [3.8, 4) is 0 Å². The summed E-state index contributed by atoms with van der Waals surface area (Å²) in [5, 5.41) is 0. The van der Waals surface area contributed by atoms with E-state index < -0.39 is 0 Å². The van der Waals surface area contributed by atoms with Gasteiger partial charge in [-0.25, -0.2) is 0 Å². The SMILES string of the molecule is CN1CCN(C2=CC=C(B3OC(C)(C)C(C)(C)O3)CC=C2)CC1. The van der Waals surface area contributed by atoms with E-state index in [0.29, 0.717) is 0 Å². The van der Waals surface area contributed by atoms with Crippen molar-refractivity contribution >= 4 is 7.12 Å². The summed E-state index contributed by atoms with van der Waals surface area (Å²) in [6.45, 7) is 12.8. The summed E-state index contributed by atoms with van der Waals surface area (Å²) in [7, 11) is 1.94. The largest absolute Gasteiger partial charge is 0.490 e. The van der Waals surface area contributed by atoms with Crippen molar-refractivity contribution in [1.29, 1.82) is 0 Å². The highest BCUT2D eigenvalue weighted by atomic mass is 16.7. The Kier molecular flexibility index (Phi) is 4.47. The number of hydrogen-bond acceptors (Lipinski definition) is 4. The molecule has 1 aliphatic carbocycles. The molecule has 0 radical (unpaired) electrons. The van der Waals surface area contributed by atoms with E-state index in [1.54, 1.807) is 0 Å². The predicted molar refractivity (Wildman–Crippen MR) is 95.1 cm³/mol. The first-order valence-electron chi connectivity index (χ1n) is 8.65. The molecule has 0 bridgehead atoms. The minimum atomic E-state index is -0.279. The Balaban J connectivity index is 1.72. The van der Waals surface area contributed by atoms with E-state index in [-0.39, 0.29) is 18.3 Å². The predicted octanol–water partition coefficient (Wildman–Crippen LogP) is 2.64. The Bertz CT molecular complexity index is 527. The summed E-state index contributed by atoms with van der Waals surface area (Å²) in [6, 6.07) is 0. The number of likely N-dealkylation sites (N-methyl/N-ethyl adjacent to an activating group) is 1. The molecule has 0 atom stereocenters. The van der Waals surface area contributed by atoms with Gasteiger partial charge in [-0.3, -0.25) is 0 Å². The Morgan fingerprint density at radius 1 is 0.957 bits per heavy atom. The molecular formula is C18H29BN2O2. The zero-order valence-electron chi connectivity index (χ0n) is 15.1. The van der Waals surface area contributed by atoms with Gasteiger partial charge in [-0.1, -0.05) is 12.2 Å². The molecule has 23 heavy (non-hydrogen) atoms.